The van der Waals surface area contributed by atoms with Crippen molar-refractivity contribution >= 4 is 16.6 Å². The maximum Gasteiger partial charge on any atom is 0.103 e. The molecule has 0 aliphatic heterocycles. The van der Waals surface area contributed by atoms with Gasteiger partial charge in [-0.05, 0) is 26.8 Å². The number of likely N-dealkylation sites (N-methyl/N-ethyl adjacent to an activating group) is 1. The number of hydrogen-bond acceptors (Lipinski definition) is 4. The molecule has 0 aliphatic rings. The van der Waals surface area contributed by atoms with Crippen molar-refractivity contribution in [3.8, 4) is 6.07 Å². The van der Waals surface area contributed by atoms with E-state index in [0.717, 1.165) is 16.6 Å². The third-order valence-electron chi connectivity index (χ3n) is 3.14. The number of hydrogen-bond donors (Lipinski definition) is 1. The number of nitrogens with zero attached hydrogens (tertiary/aromatic N) is 3. The molecule has 1 aromatic carbocycles. The number of anilines is 1. The smallest absolute Gasteiger partial charge is 0.103 e. The van der Waals surface area contributed by atoms with Crippen molar-refractivity contribution in [2.45, 2.75) is 26.4 Å². The molecule has 4 nitrogen and oxygen atoms in total. The van der Waals surface area contributed by atoms with Crippen LogP contribution in [0.3, 0.4) is 0 Å². The van der Waals surface area contributed by atoms with Gasteiger partial charge in [0.05, 0.1) is 22.4 Å². The minimum Gasteiger partial charge on any atom is -0.389 e. The SMILES string of the molecule is CCN(CC(C)(C)O)c1c(C#N)cnc2ccccc12. The van der Waals surface area contributed by atoms with Gasteiger partial charge in [-0.2, -0.15) is 5.26 Å². The molecule has 0 unspecified atom stereocenters. The second-order valence-corrected chi connectivity index (χ2v) is 5.48. The Labute approximate surface area is 119 Å². The monoisotopic (exact) mass is 269 g/mol. The lowest BCUT2D eigenvalue weighted by Crippen LogP contribution is -2.39. The zero-order valence-corrected chi connectivity index (χ0v) is 12.1. The zero-order valence-electron chi connectivity index (χ0n) is 12.1. The molecule has 0 saturated heterocycles. The minimum atomic E-state index is -0.826. The summed E-state index contributed by atoms with van der Waals surface area (Å²) >= 11 is 0. The van der Waals surface area contributed by atoms with Crippen molar-refractivity contribution in [2.75, 3.05) is 18.0 Å². The summed E-state index contributed by atoms with van der Waals surface area (Å²) in [7, 11) is 0. The number of aromatic nitrogens is 1. The zero-order chi connectivity index (χ0) is 14.8. The number of aliphatic hydroxyl groups is 1. The number of pyridine rings is 1. The fourth-order valence-corrected chi connectivity index (χ4v) is 2.37. The van der Waals surface area contributed by atoms with E-state index >= 15 is 0 Å². The van der Waals surface area contributed by atoms with Crippen LogP contribution < -0.4 is 4.90 Å². The molecule has 20 heavy (non-hydrogen) atoms. The number of nitriles is 1. The van der Waals surface area contributed by atoms with Crippen LogP contribution in [0.25, 0.3) is 10.9 Å². The summed E-state index contributed by atoms with van der Waals surface area (Å²) < 4.78 is 0. The molecular weight excluding hydrogens is 250 g/mol. The fraction of sp³-hybridized carbons (Fsp3) is 0.375. The van der Waals surface area contributed by atoms with Crippen molar-refractivity contribution in [3.63, 3.8) is 0 Å². The lowest BCUT2D eigenvalue weighted by molar-refractivity contribution is 0.0876. The third-order valence-corrected chi connectivity index (χ3v) is 3.14. The maximum atomic E-state index is 10.1. The maximum absolute atomic E-state index is 10.1. The second kappa shape index (κ2) is 5.48. The van der Waals surface area contributed by atoms with Gasteiger partial charge in [0.1, 0.15) is 6.07 Å². The van der Waals surface area contributed by atoms with Gasteiger partial charge in [-0.1, -0.05) is 18.2 Å². The predicted octanol–water partition coefficient (Wildman–Crippen LogP) is 2.70. The standard InChI is InChI=1S/C16H19N3O/c1-4-19(11-16(2,3)20)15-12(9-17)10-18-14-8-6-5-7-13(14)15/h5-8,10,20H,4,11H2,1-3H3. The highest BCUT2D eigenvalue weighted by molar-refractivity contribution is 5.94. The number of benzene rings is 1. The summed E-state index contributed by atoms with van der Waals surface area (Å²) in [6, 6.07) is 9.96. The first-order chi connectivity index (χ1) is 9.46. The van der Waals surface area contributed by atoms with E-state index in [0.29, 0.717) is 18.7 Å². The molecule has 2 aromatic rings. The van der Waals surface area contributed by atoms with Crippen molar-refractivity contribution in [1.82, 2.24) is 4.98 Å². The Hall–Kier alpha value is -2.12. The molecule has 0 bridgehead atoms. The summed E-state index contributed by atoms with van der Waals surface area (Å²) in [5.41, 5.74) is 1.42. The fourth-order valence-electron chi connectivity index (χ4n) is 2.37. The van der Waals surface area contributed by atoms with Gasteiger partial charge in [-0.25, -0.2) is 0 Å². The molecule has 104 valence electrons. The number of rotatable bonds is 4. The molecule has 0 amide bonds. The molecule has 1 heterocycles. The van der Waals surface area contributed by atoms with Crippen molar-refractivity contribution in [1.29, 1.82) is 5.26 Å². The van der Waals surface area contributed by atoms with Crippen LogP contribution in [-0.2, 0) is 0 Å². The average Bonchev–Trinajstić information content (AvgIpc) is 2.42. The molecule has 0 spiro atoms. The summed E-state index contributed by atoms with van der Waals surface area (Å²) in [6.45, 7) is 6.73. The normalized spacial score (nSPS) is 11.3. The van der Waals surface area contributed by atoms with Gasteiger partial charge in [0, 0.05) is 24.7 Å². The molecule has 0 aliphatic carbocycles. The lowest BCUT2D eigenvalue weighted by Gasteiger charge is -2.31. The van der Waals surface area contributed by atoms with Crippen molar-refractivity contribution < 1.29 is 5.11 Å². The van der Waals surface area contributed by atoms with Gasteiger partial charge in [-0.3, -0.25) is 4.98 Å². The van der Waals surface area contributed by atoms with Crippen LogP contribution in [0.1, 0.15) is 26.3 Å². The van der Waals surface area contributed by atoms with Crippen LogP contribution >= 0.6 is 0 Å². The van der Waals surface area contributed by atoms with E-state index < -0.39 is 5.60 Å². The lowest BCUT2D eigenvalue weighted by atomic mass is 10.1. The molecular formula is C16H19N3O. The Morgan fingerprint density at radius 1 is 1.35 bits per heavy atom. The molecule has 1 N–H and O–H groups in total. The van der Waals surface area contributed by atoms with E-state index in [1.807, 2.05) is 36.1 Å². The molecule has 4 heteroatoms. The minimum absolute atomic E-state index is 0.464. The van der Waals surface area contributed by atoms with Gasteiger partial charge >= 0.3 is 0 Å². The third kappa shape index (κ3) is 2.89. The summed E-state index contributed by atoms with van der Waals surface area (Å²) in [6.07, 6.45) is 1.60. The van der Waals surface area contributed by atoms with E-state index in [1.54, 1.807) is 20.0 Å². The number of para-hydroxylation sites is 1. The van der Waals surface area contributed by atoms with Crippen LogP contribution in [0, 0.1) is 11.3 Å². The highest BCUT2D eigenvalue weighted by Gasteiger charge is 2.21. The van der Waals surface area contributed by atoms with Crippen LogP contribution in [0.4, 0.5) is 5.69 Å². The molecule has 0 fully saturated rings. The first-order valence-electron chi connectivity index (χ1n) is 6.71. The Balaban J connectivity index is 2.63. The van der Waals surface area contributed by atoms with Gasteiger partial charge in [0.25, 0.3) is 0 Å². The van der Waals surface area contributed by atoms with E-state index in [9.17, 15) is 10.4 Å². The van der Waals surface area contributed by atoms with E-state index in [1.165, 1.54) is 0 Å². The van der Waals surface area contributed by atoms with E-state index in [2.05, 4.69) is 11.1 Å². The van der Waals surface area contributed by atoms with E-state index in [-0.39, 0.29) is 0 Å². The second-order valence-electron chi connectivity index (χ2n) is 5.48. The quantitative estimate of drug-likeness (QED) is 0.927. The van der Waals surface area contributed by atoms with Crippen molar-refractivity contribution in [3.05, 3.63) is 36.0 Å². The molecule has 2 rings (SSSR count). The summed E-state index contributed by atoms with van der Waals surface area (Å²) in [4.78, 5) is 6.34. The average molecular weight is 269 g/mol. The molecule has 1 aromatic heterocycles. The van der Waals surface area contributed by atoms with Gasteiger partial charge in [0.2, 0.25) is 0 Å². The van der Waals surface area contributed by atoms with Crippen LogP contribution in [0.5, 0.6) is 0 Å². The van der Waals surface area contributed by atoms with Crippen LogP contribution in [0.15, 0.2) is 30.5 Å². The van der Waals surface area contributed by atoms with Crippen LogP contribution in [0.2, 0.25) is 0 Å². The number of fused-ring (bicyclic) bond motifs is 1. The first kappa shape index (κ1) is 14.3. The molecule has 0 atom stereocenters. The Morgan fingerprint density at radius 3 is 2.65 bits per heavy atom. The molecule has 0 radical (unpaired) electrons. The Morgan fingerprint density at radius 2 is 2.05 bits per heavy atom. The van der Waals surface area contributed by atoms with Gasteiger partial charge in [0.15, 0.2) is 0 Å². The molecule has 0 saturated carbocycles. The first-order valence-corrected chi connectivity index (χ1v) is 6.71. The topological polar surface area (TPSA) is 60.1 Å². The Bertz CT molecular complexity index is 653. The van der Waals surface area contributed by atoms with E-state index in [4.69, 9.17) is 0 Å². The van der Waals surface area contributed by atoms with Crippen LogP contribution in [-0.4, -0.2) is 28.8 Å². The largest absolute Gasteiger partial charge is 0.389 e. The highest BCUT2D eigenvalue weighted by atomic mass is 16.3. The van der Waals surface area contributed by atoms with Gasteiger partial charge in [-0.15, -0.1) is 0 Å². The summed E-state index contributed by atoms with van der Waals surface area (Å²) in [5, 5.41) is 20.4. The Kier molecular flexibility index (Phi) is 3.91. The predicted molar refractivity (Wildman–Crippen MR) is 80.6 cm³/mol. The van der Waals surface area contributed by atoms with Gasteiger partial charge < -0.3 is 10.0 Å². The van der Waals surface area contributed by atoms with Crippen molar-refractivity contribution in [2.24, 2.45) is 0 Å². The summed E-state index contributed by atoms with van der Waals surface area (Å²) in [5.74, 6) is 0. The highest BCUT2D eigenvalue weighted by Crippen LogP contribution is 2.30.